The summed E-state index contributed by atoms with van der Waals surface area (Å²) in [5.74, 6) is -0.370. The second-order valence-electron chi connectivity index (χ2n) is 7.54. The number of hydrogen-bond acceptors (Lipinski definition) is 6. The predicted octanol–water partition coefficient (Wildman–Crippen LogP) is 3.29. The maximum absolute atomic E-state index is 14.6. The molecule has 3 N–H and O–H groups in total. The van der Waals surface area contributed by atoms with E-state index in [0.717, 1.165) is 38.8 Å². The summed E-state index contributed by atoms with van der Waals surface area (Å²) in [6.07, 6.45) is 10.5. The Morgan fingerprint density at radius 3 is 2.43 bits per heavy atom. The van der Waals surface area contributed by atoms with Gasteiger partial charge in [0.1, 0.15) is 5.69 Å². The van der Waals surface area contributed by atoms with Gasteiger partial charge in [-0.3, -0.25) is 0 Å². The first-order valence-corrected chi connectivity index (χ1v) is 10.2. The number of piperidine rings is 1. The Balaban J connectivity index is 0.000000271. The second-order valence-corrected chi connectivity index (χ2v) is 7.95. The average molecular weight is 411 g/mol. The number of rotatable bonds is 2. The average Bonchev–Trinajstić information content (AvgIpc) is 3.07. The van der Waals surface area contributed by atoms with E-state index in [4.69, 9.17) is 22.4 Å². The van der Waals surface area contributed by atoms with Gasteiger partial charge in [-0.25, -0.2) is 14.6 Å². The van der Waals surface area contributed by atoms with Crippen LogP contribution in [0.15, 0.2) is 12.4 Å². The third kappa shape index (κ3) is 5.18. The van der Waals surface area contributed by atoms with Gasteiger partial charge in [0.05, 0.1) is 35.1 Å². The number of likely N-dealkylation sites (tertiary alicyclic amines) is 1. The van der Waals surface area contributed by atoms with Crippen molar-refractivity contribution >= 4 is 17.5 Å². The molecule has 1 saturated carbocycles. The summed E-state index contributed by atoms with van der Waals surface area (Å²) in [4.78, 5) is 10.0. The molecule has 1 aliphatic carbocycles. The molecule has 2 aromatic rings. The summed E-state index contributed by atoms with van der Waals surface area (Å²) in [5, 5.41) is 13.3. The van der Waals surface area contributed by atoms with Gasteiger partial charge < -0.3 is 15.7 Å². The van der Waals surface area contributed by atoms with E-state index in [1.165, 1.54) is 36.3 Å². The smallest absolute Gasteiger partial charge is 0.221 e. The molecule has 4 rings (SSSR count). The van der Waals surface area contributed by atoms with Gasteiger partial charge >= 0.3 is 0 Å². The summed E-state index contributed by atoms with van der Waals surface area (Å²) in [5.41, 5.74) is 6.08. The molecule has 0 spiro atoms. The highest BCUT2D eigenvalue weighted by Gasteiger charge is 2.24. The van der Waals surface area contributed by atoms with Gasteiger partial charge in [-0.05, 0) is 45.8 Å². The van der Waals surface area contributed by atoms with Crippen molar-refractivity contribution in [2.45, 2.75) is 57.1 Å². The number of hydrogen-bond donors (Lipinski definition) is 2. The number of aliphatic hydroxyl groups is 1. The predicted molar refractivity (Wildman–Crippen MR) is 107 cm³/mol. The van der Waals surface area contributed by atoms with Gasteiger partial charge in [0.15, 0.2) is 0 Å². The minimum absolute atomic E-state index is 0.0359. The highest BCUT2D eigenvalue weighted by Crippen LogP contribution is 2.31. The number of nitrogens with two attached hydrogens (primary N) is 1. The Morgan fingerprint density at radius 1 is 1.14 bits per heavy atom. The van der Waals surface area contributed by atoms with Gasteiger partial charge in [-0.1, -0.05) is 30.9 Å². The maximum atomic E-state index is 14.6. The maximum Gasteiger partial charge on any atom is 0.221 e. The van der Waals surface area contributed by atoms with Crippen molar-refractivity contribution in [3.05, 3.63) is 23.4 Å². The molecular formula is C19H28ClFN6O. The first-order chi connectivity index (χ1) is 13.5. The molecule has 2 fully saturated rings. The van der Waals surface area contributed by atoms with Gasteiger partial charge in [-0.2, -0.15) is 9.49 Å². The molecule has 28 heavy (non-hydrogen) atoms. The van der Waals surface area contributed by atoms with Gasteiger partial charge in [0, 0.05) is 0 Å². The largest absolute Gasteiger partial charge is 0.393 e. The Hall–Kier alpha value is -1.77. The lowest BCUT2D eigenvalue weighted by Crippen LogP contribution is -2.32. The minimum atomic E-state index is -0.426. The molecule has 7 nitrogen and oxygen atoms in total. The van der Waals surface area contributed by atoms with Crippen molar-refractivity contribution < 1.29 is 9.50 Å². The van der Waals surface area contributed by atoms with Crippen LogP contribution >= 0.6 is 11.6 Å². The van der Waals surface area contributed by atoms with E-state index in [1.54, 1.807) is 0 Å². The fourth-order valence-corrected chi connectivity index (χ4v) is 3.84. The zero-order valence-corrected chi connectivity index (χ0v) is 16.9. The standard InChI is InChI=1S/C13H16ClFN6.C6H12O/c1-20-4-2-8(3-5-20)21-12(15)9(6-18-21)11-10(14)7-17-13(16)19-11;7-6-4-2-1-3-5-6/h6-8H,2-5H2,1H3,(H2,16,17,19);6-7H,1-5H2. The number of anilines is 1. The van der Waals surface area contributed by atoms with E-state index in [-0.39, 0.29) is 34.4 Å². The Morgan fingerprint density at radius 2 is 1.82 bits per heavy atom. The molecule has 0 atom stereocenters. The number of aromatic nitrogens is 4. The highest BCUT2D eigenvalue weighted by atomic mass is 35.5. The van der Waals surface area contributed by atoms with Crippen LogP contribution in [0.1, 0.15) is 51.0 Å². The molecule has 9 heteroatoms. The molecule has 0 aromatic carbocycles. The lowest BCUT2D eigenvalue weighted by atomic mass is 9.98. The van der Waals surface area contributed by atoms with Gasteiger partial charge in [0.25, 0.3) is 0 Å². The Kier molecular flexibility index (Phi) is 7.20. The molecule has 154 valence electrons. The van der Waals surface area contributed by atoms with Gasteiger partial charge in [-0.15, -0.1) is 0 Å². The van der Waals surface area contributed by atoms with Crippen LogP contribution in [0.2, 0.25) is 5.02 Å². The van der Waals surface area contributed by atoms with Crippen LogP contribution < -0.4 is 5.73 Å². The van der Waals surface area contributed by atoms with Crippen LogP contribution in [0.5, 0.6) is 0 Å². The molecule has 1 aliphatic heterocycles. The highest BCUT2D eigenvalue weighted by molar-refractivity contribution is 6.32. The van der Waals surface area contributed by atoms with Gasteiger partial charge in [0.2, 0.25) is 11.9 Å². The molecule has 0 bridgehead atoms. The van der Waals surface area contributed by atoms with E-state index < -0.39 is 5.95 Å². The van der Waals surface area contributed by atoms with Crippen LogP contribution in [0, 0.1) is 5.95 Å². The second kappa shape index (κ2) is 9.62. The zero-order valence-electron chi connectivity index (χ0n) is 16.2. The lowest BCUT2D eigenvalue weighted by Gasteiger charge is -2.29. The van der Waals surface area contributed by atoms with Crippen molar-refractivity contribution in [2.24, 2.45) is 0 Å². The number of nitrogens with zero attached hydrogens (tertiary/aromatic N) is 5. The summed E-state index contributed by atoms with van der Waals surface area (Å²) < 4.78 is 16.1. The van der Waals surface area contributed by atoms with E-state index in [1.807, 2.05) is 0 Å². The van der Waals surface area contributed by atoms with Crippen molar-refractivity contribution in [2.75, 3.05) is 25.9 Å². The zero-order chi connectivity index (χ0) is 20.1. The number of nitrogen functional groups attached to an aromatic ring is 1. The number of halogens is 2. The van der Waals surface area contributed by atoms with Crippen LogP contribution in [-0.4, -0.2) is 56.0 Å². The summed E-state index contributed by atoms with van der Waals surface area (Å²) >= 11 is 6.03. The quantitative estimate of drug-likeness (QED) is 0.789. The molecule has 2 aliphatic rings. The summed E-state index contributed by atoms with van der Waals surface area (Å²) in [6, 6.07) is 0.0629. The fraction of sp³-hybridized carbons (Fsp3) is 0.632. The van der Waals surface area contributed by atoms with Crippen molar-refractivity contribution in [3.63, 3.8) is 0 Å². The monoisotopic (exact) mass is 410 g/mol. The molecule has 0 amide bonds. The first-order valence-electron chi connectivity index (χ1n) is 9.83. The molecule has 3 heterocycles. The van der Waals surface area contributed by atoms with Crippen LogP contribution in [-0.2, 0) is 0 Å². The minimum Gasteiger partial charge on any atom is -0.393 e. The SMILES string of the molecule is CN1CCC(n2ncc(-c3nc(N)ncc3Cl)c2F)CC1.OC1CCCCC1. The number of aliphatic hydroxyl groups excluding tert-OH is 1. The molecular weight excluding hydrogens is 383 g/mol. The molecule has 0 unspecified atom stereocenters. The molecule has 0 radical (unpaired) electrons. The Labute approximate surface area is 169 Å². The third-order valence-electron chi connectivity index (χ3n) is 5.36. The molecule has 2 aromatic heterocycles. The Bertz CT molecular complexity index is 772. The van der Waals surface area contributed by atoms with E-state index in [9.17, 15) is 4.39 Å². The van der Waals surface area contributed by atoms with E-state index in [0.29, 0.717) is 0 Å². The van der Waals surface area contributed by atoms with Crippen molar-refractivity contribution in [1.29, 1.82) is 0 Å². The van der Waals surface area contributed by atoms with Crippen molar-refractivity contribution in [1.82, 2.24) is 24.6 Å². The fourth-order valence-electron chi connectivity index (χ4n) is 3.65. The van der Waals surface area contributed by atoms with Crippen LogP contribution in [0.4, 0.5) is 10.3 Å². The van der Waals surface area contributed by atoms with Crippen LogP contribution in [0.3, 0.4) is 0 Å². The normalized spacial score (nSPS) is 19.3. The van der Waals surface area contributed by atoms with E-state index in [2.05, 4.69) is 27.0 Å². The third-order valence-corrected chi connectivity index (χ3v) is 5.64. The summed E-state index contributed by atoms with van der Waals surface area (Å²) in [6.45, 7) is 1.86. The van der Waals surface area contributed by atoms with Crippen LogP contribution in [0.25, 0.3) is 11.3 Å². The molecule has 1 saturated heterocycles. The summed E-state index contributed by atoms with van der Waals surface area (Å²) in [7, 11) is 2.06. The van der Waals surface area contributed by atoms with Crippen molar-refractivity contribution in [3.8, 4) is 11.3 Å². The first kappa shape index (κ1) is 21.0. The van der Waals surface area contributed by atoms with E-state index >= 15 is 0 Å². The topological polar surface area (TPSA) is 93.1 Å². The lowest BCUT2D eigenvalue weighted by molar-refractivity contribution is 0.130.